The minimum atomic E-state index is 0.0697. The Hall–Kier alpha value is 0.390. The molecule has 0 aliphatic rings. The van der Waals surface area contributed by atoms with Crippen LogP contribution in [0, 0.1) is 0 Å². The highest BCUT2D eigenvalue weighted by atomic mass is 79.9. The van der Waals surface area contributed by atoms with E-state index in [1.165, 1.54) is 11.5 Å². The molecule has 0 aliphatic heterocycles. The minimum absolute atomic E-state index is 0.0697. The van der Waals surface area contributed by atoms with E-state index in [2.05, 4.69) is 38.8 Å². The fraction of sp³-hybridized carbons (Fsp3) is 0.571. The first kappa shape index (κ1) is 10.5. The first-order valence-electron chi connectivity index (χ1n) is 3.72. The molecule has 0 saturated heterocycles. The molecule has 1 aromatic rings. The van der Waals surface area contributed by atoms with Crippen LogP contribution in [0.5, 0.6) is 0 Å². The second-order valence-corrected chi connectivity index (χ2v) is 5.58. The SMILES string of the molecule is CCCCn1sc(Br)c(Br)c1=O. The van der Waals surface area contributed by atoms with Gasteiger partial charge in [0.2, 0.25) is 0 Å². The van der Waals surface area contributed by atoms with E-state index in [1.54, 1.807) is 3.96 Å². The lowest BCUT2D eigenvalue weighted by Gasteiger charge is -1.95. The maximum absolute atomic E-state index is 11.4. The van der Waals surface area contributed by atoms with Crippen LogP contribution in [0.1, 0.15) is 19.8 Å². The molecule has 0 saturated carbocycles. The van der Waals surface area contributed by atoms with Crippen molar-refractivity contribution < 1.29 is 0 Å². The Labute approximate surface area is 92.0 Å². The van der Waals surface area contributed by atoms with Gasteiger partial charge >= 0.3 is 0 Å². The van der Waals surface area contributed by atoms with Gasteiger partial charge in [0.15, 0.2) is 0 Å². The van der Waals surface area contributed by atoms with Crippen LogP contribution in [-0.2, 0) is 6.54 Å². The molecule has 0 radical (unpaired) electrons. The summed E-state index contributed by atoms with van der Waals surface area (Å²) < 4.78 is 3.28. The van der Waals surface area contributed by atoms with Crippen molar-refractivity contribution in [2.75, 3.05) is 0 Å². The fourth-order valence-electron chi connectivity index (χ4n) is 0.821. The first-order chi connectivity index (χ1) is 5.66. The number of hydrogen-bond donors (Lipinski definition) is 0. The lowest BCUT2D eigenvalue weighted by Crippen LogP contribution is -2.13. The molecule has 1 aromatic heterocycles. The molecule has 2 nitrogen and oxygen atoms in total. The smallest absolute Gasteiger partial charge is 0.267 e. The summed E-state index contributed by atoms with van der Waals surface area (Å²) in [5, 5.41) is 0. The van der Waals surface area contributed by atoms with Crippen molar-refractivity contribution in [2.24, 2.45) is 0 Å². The van der Waals surface area contributed by atoms with Crippen molar-refractivity contribution in [1.29, 1.82) is 0 Å². The summed E-state index contributed by atoms with van der Waals surface area (Å²) in [6.07, 6.45) is 2.17. The lowest BCUT2D eigenvalue weighted by atomic mass is 10.3. The van der Waals surface area contributed by atoms with Crippen molar-refractivity contribution >= 4 is 43.4 Å². The number of unbranched alkanes of at least 4 members (excludes halogenated alkanes) is 1. The maximum atomic E-state index is 11.4. The number of hydrogen-bond acceptors (Lipinski definition) is 2. The van der Waals surface area contributed by atoms with E-state index < -0.39 is 0 Å². The van der Waals surface area contributed by atoms with Gasteiger partial charge < -0.3 is 0 Å². The molecule has 12 heavy (non-hydrogen) atoms. The van der Waals surface area contributed by atoms with Gasteiger partial charge in [-0.1, -0.05) is 13.3 Å². The van der Waals surface area contributed by atoms with Crippen LogP contribution in [0.2, 0.25) is 0 Å². The monoisotopic (exact) mass is 313 g/mol. The van der Waals surface area contributed by atoms with Crippen molar-refractivity contribution in [3.8, 4) is 0 Å². The molecule has 5 heteroatoms. The highest BCUT2D eigenvalue weighted by molar-refractivity contribution is 9.13. The van der Waals surface area contributed by atoms with E-state index >= 15 is 0 Å². The molecule has 1 heterocycles. The van der Waals surface area contributed by atoms with Crippen LogP contribution in [0.3, 0.4) is 0 Å². The molecule has 0 atom stereocenters. The molecule has 0 N–H and O–H groups in total. The van der Waals surface area contributed by atoms with Gasteiger partial charge in [-0.15, -0.1) is 0 Å². The standard InChI is InChI=1S/C7H9Br2NOS/c1-2-3-4-10-7(11)5(8)6(9)12-10/h2-4H2,1H3. The fourth-order valence-corrected chi connectivity index (χ4v) is 2.82. The third-order valence-corrected chi connectivity index (χ3v) is 4.79. The topological polar surface area (TPSA) is 22.0 Å². The van der Waals surface area contributed by atoms with Crippen molar-refractivity contribution in [3.63, 3.8) is 0 Å². The molecule has 0 bridgehead atoms. The van der Waals surface area contributed by atoms with Crippen LogP contribution in [-0.4, -0.2) is 3.96 Å². The Kier molecular flexibility index (Phi) is 3.99. The summed E-state index contributed by atoms with van der Waals surface area (Å²) in [5.41, 5.74) is 0.0697. The van der Waals surface area contributed by atoms with Crippen LogP contribution >= 0.6 is 43.4 Å². The zero-order valence-electron chi connectivity index (χ0n) is 6.64. The normalized spacial score (nSPS) is 10.6. The van der Waals surface area contributed by atoms with Crippen molar-refractivity contribution in [2.45, 2.75) is 26.3 Å². The molecule has 0 amide bonds. The van der Waals surface area contributed by atoms with Crippen LogP contribution in [0.15, 0.2) is 13.1 Å². The number of nitrogens with zero attached hydrogens (tertiary/aromatic N) is 1. The molecule has 0 fully saturated rings. The van der Waals surface area contributed by atoms with Gasteiger partial charge in [-0.3, -0.25) is 8.75 Å². The van der Waals surface area contributed by atoms with Gasteiger partial charge in [-0.05, 0) is 49.8 Å². The van der Waals surface area contributed by atoms with E-state index in [1.807, 2.05) is 0 Å². The van der Waals surface area contributed by atoms with Crippen LogP contribution < -0.4 is 5.56 Å². The third-order valence-electron chi connectivity index (χ3n) is 1.49. The summed E-state index contributed by atoms with van der Waals surface area (Å²) in [4.78, 5) is 11.4. The summed E-state index contributed by atoms with van der Waals surface area (Å²) in [6, 6.07) is 0. The number of aromatic nitrogens is 1. The summed E-state index contributed by atoms with van der Waals surface area (Å²) in [5.74, 6) is 0. The Morgan fingerprint density at radius 2 is 2.17 bits per heavy atom. The lowest BCUT2D eigenvalue weighted by molar-refractivity contribution is 0.657. The number of aryl methyl sites for hydroxylation is 1. The summed E-state index contributed by atoms with van der Waals surface area (Å²) in [6.45, 7) is 2.94. The van der Waals surface area contributed by atoms with Crippen molar-refractivity contribution in [3.05, 3.63) is 18.6 Å². The van der Waals surface area contributed by atoms with E-state index in [0.717, 1.165) is 23.2 Å². The quantitative estimate of drug-likeness (QED) is 0.839. The molecule has 0 unspecified atom stereocenters. The zero-order valence-corrected chi connectivity index (χ0v) is 10.6. The van der Waals surface area contributed by atoms with Gasteiger partial charge in [0.25, 0.3) is 5.56 Å². The average Bonchev–Trinajstić information content (AvgIpc) is 2.30. The molecule has 68 valence electrons. The number of rotatable bonds is 3. The third kappa shape index (κ3) is 2.20. The van der Waals surface area contributed by atoms with Crippen LogP contribution in [0.4, 0.5) is 0 Å². The summed E-state index contributed by atoms with van der Waals surface area (Å²) >= 11 is 7.99. The van der Waals surface area contributed by atoms with E-state index in [-0.39, 0.29) is 5.56 Å². The Balaban J connectivity index is 2.87. The van der Waals surface area contributed by atoms with E-state index in [9.17, 15) is 4.79 Å². The predicted octanol–water partition coefficient (Wildman–Crippen LogP) is 3.23. The van der Waals surface area contributed by atoms with Gasteiger partial charge in [-0.2, -0.15) is 0 Å². The predicted molar refractivity (Wildman–Crippen MR) is 58.9 cm³/mol. The molecule has 0 aliphatic carbocycles. The summed E-state index contributed by atoms with van der Waals surface area (Å²) in [7, 11) is 0. The maximum Gasteiger partial charge on any atom is 0.276 e. The van der Waals surface area contributed by atoms with Gasteiger partial charge in [0, 0.05) is 6.54 Å². The van der Waals surface area contributed by atoms with E-state index in [0.29, 0.717) is 4.47 Å². The van der Waals surface area contributed by atoms with E-state index in [4.69, 9.17) is 0 Å². The highest BCUT2D eigenvalue weighted by Crippen LogP contribution is 2.24. The number of halogens is 2. The Morgan fingerprint density at radius 3 is 2.58 bits per heavy atom. The molecular weight excluding hydrogens is 306 g/mol. The first-order valence-corrected chi connectivity index (χ1v) is 6.08. The molecule has 0 spiro atoms. The highest BCUT2D eigenvalue weighted by Gasteiger charge is 2.08. The molecule has 0 aromatic carbocycles. The Bertz CT molecular complexity index is 318. The largest absolute Gasteiger partial charge is 0.276 e. The van der Waals surface area contributed by atoms with Gasteiger partial charge in [0.1, 0.15) is 8.26 Å². The van der Waals surface area contributed by atoms with Crippen LogP contribution in [0.25, 0.3) is 0 Å². The van der Waals surface area contributed by atoms with Gasteiger partial charge in [0.05, 0.1) is 0 Å². The van der Waals surface area contributed by atoms with Gasteiger partial charge in [-0.25, -0.2) is 0 Å². The average molecular weight is 315 g/mol. The molecule has 1 rings (SSSR count). The molecular formula is C7H9Br2NOS. The minimum Gasteiger partial charge on any atom is -0.267 e. The Morgan fingerprint density at radius 1 is 1.50 bits per heavy atom. The van der Waals surface area contributed by atoms with Crippen molar-refractivity contribution in [1.82, 2.24) is 3.96 Å². The second-order valence-electron chi connectivity index (χ2n) is 2.44. The zero-order chi connectivity index (χ0) is 9.14. The second kappa shape index (κ2) is 4.58.